The van der Waals surface area contributed by atoms with Gasteiger partial charge < -0.3 is 16.2 Å². The number of rotatable bonds is 2. The molecular formula is C13H8F4N2O2. The van der Waals surface area contributed by atoms with Crippen molar-refractivity contribution in [2.24, 2.45) is 0 Å². The summed E-state index contributed by atoms with van der Waals surface area (Å²) in [6, 6.07) is 3.46. The first-order chi connectivity index (χ1) is 9.81. The van der Waals surface area contributed by atoms with E-state index in [0.29, 0.717) is 6.07 Å². The van der Waals surface area contributed by atoms with Crippen molar-refractivity contribution in [2.75, 3.05) is 11.1 Å². The van der Waals surface area contributed by atoms with Crippen LogP contribution in [0.2, 0.25) is 0 Å². The Labute approximate surface area is 115 Å². The highest BCUT2D eigenvalue weighted by molar-refractivity contribution is 6.05. The van der Waals surface area contributed by atoms with Gasteiger partial charge in [-0.3, -0.25) is 4.79 Å². The second-order valence-electron chi connectivity index (χ2n) is 4.07. The molecule has 0 aliphatic carbocycles. The number of nitrogen functional groups attached to an aromatic ring is 1. The van der Waals surface area contributed by atoms with Gasteiger partial charge in [-0.25, -0.2) is 13.2 Å². The second kappa shape index (κ2) is 5.31. The fraction of sp³-hybridized carbons (Fsp3) is 0. The maximum atomic E-state index is 13.5. The fourth-order valence-electron chi connectivity index (χ4n) is 1.58. The minimum Gasteiger partial charge on any atom is -0.503 e. The van der Waals surface area contributed by atoms with Crippen LogP contribution in [-0.2, 0) is 0 Å². The molecule has 0 bridgehead atoms. The van der Waals surface area contributed by atoms with Crippen LogP contribution in [0.4, 0.5) is 28.9 Å². The van der Waals surface area contributed by atoms with Crippen molar-refractivity contribution >= 4 is 17.3 Å². The van der Waals surface area contributed by atoms with Gasteiger partial charge in [0.1, 0.15) is 5.82 Å². The highest BCUT2D eigenvalue weighted by Crippen LogP contribution is 2.26. The summed E-state index contributed by atoms with van der Waals surface area (Å²) in [6.45, 7) is 0. The number of hydrogen-bond acceptors (Lipinski definition) is 3. The molecule has 0 spiro atoms. The Hall–Kier alpha value is -2.77. The Morgan fingerprint density at radius 1 is 1.05 bits per heavy atom. The summed E-state index contributed by atoms with van der Waals surface area (Å²) < 4.78 is 52.5. The minimum absolute atomic E-state index is 0.0162. The van der Waals surface area contributed by atoms with Crippen molar-refractivity contribution in [3.8, 4) is 5.75 Å². The molecular weight excluding hydrogens is 292 g/mol. The van der Waals surface area contributed by atoms with Crippen molar-refractivity contribution < 1.29 is 27.5 Å². The molecule has 21 heavy (non-hydrogen) atoms. The van der Waals surface area contributed by atoms with Crippen molar-refractivity contribution in [1.29, 1.82) is 0 Å². The number of phenolic OH excluding ortho intramolecular Hbond substituents is 1. The normalized spacial score (nSPS) is 10.5. The highest BCUT2D eigenvalue weighted by atomic mass is 19.2. The van der Waals surface area contributed by atoms with E-state index in [-0.39, 0.29) is 11.4 Å². The maximum Gasteiger partial charge on any atom is 0.258 e. The smallest absolute Gasteiger partial charge is 0.258 e. The summed E-state index contributed by atoms with van der Waals surface area (Å²) in [7, 11) is 0. The van der Waals surface area contributed by atoms with Crippen LogP contribution in [0.3, 0.4) is 0 Å². The molecule has 110 valence electrons. The average molecular weight is 300 g/mol. The van der Waals surface area contributed by atoms with Gasteiger partial charge in [0.25, 0.3) is 5.91 Å². The highest BCUT2D eigenvalue weighted by Gasteiger charge is 2.22. The van der Waals surface area contributed by atoms with Crippen LogP contribution in [0.1, 0.15) is 10.4 Å². The molecule has 0 aliphatic rings. The first-order valence-corrected chi connectivity index (χ1v) is 5.54. The third-order valence-corrected chi connectivity index (χ3v) is 2.63. The van der Waals surface area contributed by atoms with Gasteiger partial charge in [0.2, 0.25) is 5.82 Å². The maximum absolute atomic E-state index is 13.5. The number of aromatic hydroxyl groups is 1. The van der Waals surface area contributed by atoms with Gasteiger partial charge >= 0.3 is 0 Å². The Kier molecular flexibility index (Phi) is 3.70. The van der Waals surface area contributed by atoms with Gasteiger partial charge in [-0.05, 0) is 24.3 Å². The van der Waals surface area contributed by atoms with Crippen molar-refractivity contribution in [3.05, 3.63) is 53.1 Å². The van der Waals surface area contributed by atoms with Gasteiger partial charge in [-0.2, -0.15) is 4.39 Å². The van der Waals surface area contributed by atoms with Crippen LogP contribution in [0.5, 0.6) is 5.75 Å². The second-order valence-corrected chi connectivity index (χ2v) is 4.07. The Bertz CT molecular complexity index is 735. The molecule has 1 amide bonds. The predicted octanol–water partition coefficient (Wildman–Crippen LogP) is 2.78. The van der Waals surface area contributed by atoms with E-state index in [4.69, 9.17) is 10.8 Å². The van der Waals surface area contributed by atoms with Crippen LogP contribution in [0.15, 0.2) is 24.3 Å². The zero-order chi connectivity index (χ0) is 15.7. The standard InChI is InChI=1S/C13H8F4N2O2/c14-7-2-1-5(3-9(7)18)19-13(21)6-4-8(15)11(17)12(20)10(6)16/h1-4,20H,18H2,(H,19,21). The molecule has 2 aromatic carbocycles. The topological polar surface area (TPSA) is 75.3 Å². The molecule has 4 nitrogen and oxygen atoms in total. The number of nitrogens with one attached hydrogen (secondary N) is 1. The van der Waals surface area contributed by atoms with Gasteiger partial charge in [0.05, 0.1) is 11.3 Å². The number of carbonyl (C=O) groups is 1. The molecule has 8 heteroatoms. The van der Waals surface area contributed by atoms with Crippen molar-refractivity contribution in [1.82, 2.24) is 0 Å². The van der Waals surface area contributed by atoms with Crippen LogP contribution < -0.4 is 11.1 Å². The van der Waals surface area contributed by atoms with E-state index in [1.54, 1.807) is 0 Å². The number of benzene rings is 2. The Morgan fingerprint density at radius 2 is 1.71 bits per heavy atom. The SMILES string of the molecule is Nc1cc(NC(=O)c2cc(F)c(F)c(O)c2F)ccc1F. The monoisotopic (exact) mass is 300 g/mol. The first kappa shape index (κ1) is 14.6. The summed E-state index contributed by atoms with van der Waals surface area (Å²) >= 11 is 0. The lowest BCUT2D eigenvalue weighted by atomic mass is 10.1. The third-order valence-electron chi connectivity index (χ3n) is 2.63. The largest absolute Gasteiger partial charge is 0.503 e. The molecule has 0 atom stereocenters. The average Bonchev–Trinajstić information content (AvgIpc) is 2.44. The summed E-state index contributed by atoms with van der Waals surface area (Å²) in [5.74, 6) is -8.47. The van der Waals surface area contributed by atoms with Gasteiger partial charge in [0, 0.05) is 5.69 Å². The Balaban J connectivity index is 2.35. The van der Waals surface area contributed by atoms with Crippen LogP contribution in [-0.4, -0.2) is 11.0 Å². The number of halogens is 4. The molecule has 0 aromatic heterocycles. The minimum atomic E-state index is -1.80. The molecule has 4 N–H and O–H groups in total. The molecule has 0 heterocycles. The molecule has 0 fully saturated rings. The van der Waals surface area contributed by atoms with Crippen molar-refractivity contribution in [2.45, 2.75) is 0 Å². The van der Waals surface area contributed by atoms with E-state index in [0.717, 1.165) is 18.2 Å². The molecule has 0 aliphatic heterocycles. The lowest BCUT2D eigenvalue weighted by molar-refractivity contribution is 0.102. The predicted molar refractivity (Wildman–Crippen MR) is 66.7 cm³/mol. The third kappa shape index (κ3) is 2.73. The number of amides is 1. The Morgan fingerprint density at radius 3 is 2.33 bits per heavy atom. The number of phenols is 1. The number of anilines is 2. The molecule has 2 rings (SSSR count). The van der Waals surface area contributed by atoms with Gasteiger partial charge in [-0.15, -0.1) is 0 Å². The summed E-state index contributed by atoms with van der Waals surface area (Å²) in [6.07, 6.45) is 0. The van der Waals surface area contributed by atoms with Crippen molar-refractivity contribution in [3.63, 3.8) is 0 Å². The van der Waals surface area contributed by atoms with Gasteiger partial charge in [0.15, 0.2) is 17.4 Å². The number of carbonyl (C=O) groups excluding carboxylic acids is 1. The summed E-state index contributed by atoms with van der Waals surface area (Å²) in [5, 5.41) is 11.1. The fourth-order valence-corrected chi connectivity index (χ4v) is 1.58. The summed E-state index contributed by atoms with van der Waals surface area (Å²) in [4.78, 5) is 11.8. The molecule has 0 radical (unpaired) electrons. The quantitative estimate of drug-likeness (QED) is 0.453. The van der Waals surface area contributed by atoms with E-state index in [9.17, 15) is 22.4 Å². The van der Waals surface area contributed by atoms with E-state index < -0.39 is 40.5 Å². The number of nitrogens with two attached hydrogens (primary N) is 1. The summed E-state index contributed by atoms with van der Waals surface area (Å²) in [5.41, 5.74) is 4.13. The lowest BCUT2D eigenvalue weighted by Gasteiger charge is -2.09. The van der Waals surface area contributed by atoms with Crippen LogP contribution in [0, 0.1) is 23.3 Å². The van der Waals surface area contributed by atoms with E-state index >= 15 is 0 Å². The first-order valence-electron chi connectivity index (χ1n) is 5.54. The lowest BCUT2D eigenvalue weighted by Crippen LogP contribution is -2.15. The zero-order valence-electron chi connectivity index (χ0n) is 10.3. The van der Waals surface area contributed by atoms with Crippen LogP contribution in [0.25, 0.3) is 0 Å². The van der Waals surface area contributed by atoms with E-state index in [2.05, 4.69) is 5.32 Å². The van der Waals surface area contributed by atoms with E-state index in [1.165, 1.54) is 0 Å². The molecule has 0 saturated carbocycles. The zero-order valence-corrected chi connectivity index (χ0v) is 10.3. The number of hydrogen-bond donors (Lipinski definition) is 3. The molecule has 0 unspecified atom stereocenters. The van der Waals surface area contributed by atoms with Crippen LogP contribution >= 0.6 is 0 Å². The molecule has 2 aromatic rings. The van der Waals surface area contributed by atoms with E-state index in [1.807, 2.05) is 0 Å². The molecule has 0 saturated heterocycles. The van der Waals surface area contributed by atoms with Gasteiger partial charge in [-0.1, -0.05) is 0 Å².